The molecule has 1 aliphatic heterocycles. The molecule has 0 radical (unpaired) electrons. The van der Waals surface area contributed by atoms with Gasteiger partial charge in [-0.15, -0.1) is 0 Å². The van der Waals surface area contributed by atoms with Crippen LogP contribution in [0.4, 0.5) is 0 Å². The van der Waals surface area contributed by atoms with Crippen LogP contribution in [-0.2, 0) is 4.74 Å². The third-order valence-corrected chi connectivity index (χ3v) is 4.70. The fraction of sp³-hybridized carbons (Fsp3) is 0.647. The van der Waals surface area contributed by atoms with Gasteiger partial charge < -0.3 is 19.7 Å². The molecule has 1 unspecified atom stereocenters. The second kappa shape index (κ2) is 6.77. The molecule has 0 bridgehead atoms. The Bertz CT molecular complexity index is 443. The van der Waals surface area contributed by atoms with Crippen molar-refractivity contribution in [2.45, 2.75) is 30.9 Å². The van der Waals surface area contributed by atoms with Gasteiger partial charge in [0.25, 0.3) is 0 Å². The molecule has 4 nitrogen and oxygen atoms in total. The summed E-state index contributed by atoms with van der Waals surface area (Å²) in [5.74, 6) is 1.63. The molecule has 4 heteroatoms. The van der Waals surface area contributed by atoms with E-state index in [1.165, 1.54) is 18.4 Å². The largest absolute Gasteiger partial charge is 0.497 e. The summed E-state index contributed by atoms with van der Waals surface area (Å²) in [5, 5.41) is 3.66. The molecule has 2 fully saturated rings. The Morgan fingerprint density at radius 1 is 1.29 bits per heavy atom. The lowest BCUT2D eigenvalue weighted by Crippen LogP contribution is -2.49. The maximum absolute atomic E-state index is 5.79. The van der Waals surface area contributed by atoms with E-state index < -0.39 is 0 Å². The first-order valence-electron chi connectivity index (χ1n) is 7.92. The Morgan fingerprint density at radius 3 is 2.71 bits per heavy atom. The van der Waals surface area contributed by atoms with E-state index in [0.29, 0.717) is 18.1 Å². The molecule has 1 aromatic rings. The van der Waals surface area contributed by atoms with Crippen molar-refractivity contribution in [3.05, 3.63) is 29.8 Å². The minimum absolute atomic E-state index is 0.351. The third kappa shape index (κ3) is 3.76. The maximum Gasteiger partial charge on any atom is 0.118 e. The van der Waals surface area contributed by atoms with Crippen LogP contribution < -0.4 is 10.1 Å². The molecule has 116 valence electrons. The zero-order valence-electron chi connectivity index (χ0n) is 13.0. The van der Waals surface area contributed by atoms with E-state index in [1.54, 1.807) is 7.11 Å². The van der Waals surface area contributed by atoms with Crippen LogP contribution >= 0.6 is 0 Å². The Labute approximate surface area is 127 Å². The van der Waals surface area contributed by atoms with Gasteiger partial charge >= 0.3 is 0 Å². The minimum atomic E-state index is 0.351. The Morgan fingerprint density at radius 2 is 2.05 bits per heavy atom. The molecule has 1 atom stereocenters. The Hall–Kier alpha value is -1.10. The Balaban J connectivity index is 1.39. The smallest absolute Gasteiger partial charge is 0.118 e. The maximum atomic E-state index is 5.79. The van der Waals surface area contributed by atoms with Crippen molar-refractivity contribution in [1.82, 2.24) is 10.2 Å². The number of methoxy groups -OCH3 is 1. The number of morpholine rings is 1. The molecule has 0 aromatic heterocycles. The molecule has 1 aromatic carbocycles. The normalized spacial score (nSPS) is 29.9. The number of hydrogen-bond donors (Lipinski definition) is 1. The highest BCUT2D eigenvalue weighted by Crippen LogP contribution is 2.37. The van der Waals surface area contributed by atoms with Gasteiger partial charge in [-0.1, -0.05) is 12.1 Å². The summed E-state index contributed by atoms with van der Waals surface area (Å²) in [6.07, 6.45) is 2.81. The predicted molar refractivity (Wildman–Crippen MR) is 84.0 cm³/mol. The minimum Gasteiger partial charge on any atom is -0.497 e. The lowest BCUT2D eigenvalue weighted by molar-refractivity contribution is -0.0207. The fourth-order valence-electron chi connectivity index (χ4n) is 3.22. The van der Waals surface area contributed by atoms with Crippen molar-refractivity contribution >= 4 is 0 Å². The lowest BCUT2D eigenvalue weighted by atomic mass is 9.76. The number of ether oxygens (including phenoxy) is 2. The first kappa shape index (κ1) is 14.8. The Kier molecular flexibility index (Phi) is 4.78. The van der Waals surface area contributed by atoms with Crippen molar-refractivity contribution in [2.24, 2.45) is 0 Å². The van der Waals surface area contributed by atoms with E-state index in [0.717, 1.165) is 32.0 Å². The summed E-state index contributed by atoms with van der Waals surface area (Å²) in [6.45, 7) is 3.94. The molecule has 1 heterocycles. The standard InChI is InChI=1S/C17H26N2O2/c1-19-7-8-21-17(12-19)11-18-15-9-14(10-15)13-3-5-16(20-2)6-4-13/h3-6,14-15,17-18H,7-12H2,1-2H3. The zero-order chi connectivity index (χ0) is 14.7. The molecule has 1 aliphatic carbocycles. The van der Waals surface area contributed by atoms with Crippen molar-refractivity contribution in [2.75, 3.05) is 40.4 Å². The highest BCUT2D eigenvalue weighted by molar-refractivity contribution is 5.30. The molecule has 1 saturated carbocycles. The van der Waals surface area contributed by atoms with E-state index in [2.05, 4.69) is 41.5 Å². The number of rotatable bonds is 5. The molecule has 0 spiro atoms. The van der Waals surface area contributed by atoms with Crippen LogP contribution in [0.15, 0.2) is 24.3 Å². The highest BCUT2D eigenvalue weighted by Gasteiger charge is 2.30. The fourth-order valence-corrected chi connectivity index (χ4v) is 3.22. The number of nitrogens with zero attached hydrogens (tertiary/aromatic N) is 1. The van der Waals surface area contributed by atoms with Gasteiger partial charge in [-0.25, -0.2) is 0 Å². The third-order valence-electron chi connectivity index (χ3n) is 4.70. The molecular formula is C17H26N2O2. The van der Waals surface area contributed by atoms with Crippen molar-refractivity contribution in [3.63, 3.8) is 0 Å². The number of benzene rings is 1. The second-order valence-corrected chi connectivity index (χ2v) is 6.30. The van der Waals surface area contributed by atoms with Gasteiger partial charge in [0.15, 0.2) is 0 Å². The SMILES string of the molecule is COc1ccc(C2CC(NCC3CN(C)CCO3)C2)cc1. The van der Waals surface area contributed by atoms with Gasteiger partial charge in [-0.05, 0) is 43.5 Å². The molecule has 0 amide bonds. The van der Waals surface area contributed by atoms with Crippen molar-refractivity contribution < 1.29 is 9.47 Å². The van der Waals surface area contributed by atoms with E-state index >= 15 is 0 Å². The molecule has 21 heavy (non-hydrogen) atoms. The van der Waals surface area contributed by atoms with Crippen molar-refractivity contribution in [1.29, 1.82) is 0 Å². The quantitative estimate of drug-likeness (QED) is 0.897. The average molecular weight is 290 g/mol. The first-order valence-corrected chi connectivity index (χ1v) is 7.92. The topological polar surface area (TPSA) is 33.7 Å². The summed E-state index contributed by atoms with van der Waals surface area (Å²) in [4.78, 5) is 2.34. The van der Waals surface area contributed by atoms with Crippen LogP contribution in [0, 0.1) is 0 Å². The van der Waals surface area contributed by atoms with Gasteiger partial charge in [0, 0.05) is 25.7 Å². The van der Waals surface area contributed by atoms with Gasteiger partial charge in [-0.2, -0.15) is 0 Å². The average Bonchev–Trinajstić information content (AvgIpc) is 2.46. The van der Waals surface area contributed by atoms with E-state index in [1.807, 2.05) is 0 Å². The van der Waals surface area contributed by atoms with E-state index in [-0.39, 0.29) is 0 Å². The summed E-state index contributed by atoms with van der Waals surface area (Å²) >= 11 is 0. The molecule has 1 N–H and O–H groups in total. The second-order valence-electron chi connectivity index (χ2n) is 6.30. The number of likely N-dealkylation sites (N-methyl/N-ethyl adjacent to an activating group) is 1. The number of hydrogen-bond acceptors (Lipinski definition) is 4. The lowest BCUT2D eigenvalue weighted by Gasteiger charge is -2.38. The van der Waals surface area contributed by atoms with Gasteiger partial charge in [0.1, 0.15) is 5.75 Å². The molecule has 2 aliphatic rings. The summed E-state index contributed by atoms with van der Waals surface area (Å²) in [5.41, 5.74) is 1.43. The van der Waals surface area contributed by atoms with Crippen LogP contribution in [0.1, 0.15) is 24.3 Å². The molecule has 3 rings (SSSR count). The summed E-state index contributed by atoms with van der Waals surface area (Å²) in [7, 11) is 3.88. The van der Waals surface area contributed by atoms with Gasteiger partial charge in [0.2, 0.25) is 0 Å². The van der Waals surface area contributed by atoms with Gasteiger partial charge in [-0.3, -0.25) is 0 Å². The molecule has 1 saturated heterocycles. The predicted octanol–water partition coefficient (Wildman–Crippen LogP) is 1.86. The summed E-state index contributed by atoms with van der Waals surface area (Å²) in [6, 6.07) is 9.15. The van der Waals surface area contributed by atoms with Gasteiger partial charge in [0.05, 0.1) is 19.8 Å². The van der Waals surface area contributed by atoms with Crippen LogP contribution in [-0.4, -0.2) is 57.4 Å². The number of nitrogens with one attached hydrogen (secondary N) is 1. The summed E-state index contributed by atoms with van der Waals surface area (Å²) < 4.78 is 11.0. The van der Waals surface area contributed by atoms with E-state index in [9.17, 15) is 0 Å². The van der Waals surface area contributed by atoms with E-state index in [4.69, 9.17) is 9.47 Å². The van der Waals surface area contributed by atoms with Crippen LogP contribution in [0.2, 0.25) is 0 Å². The first-order chi connectivity index (χ1) is 10.2. The monoisotopic (exact) mass is 290 g/mol. The highest BCUT2D eigenvalue weighted by atomic mass is 16.5. The van der Waals surface area contributed by atoms with Crippen LogP contribution in [0.25, 0.3) is 0 Å². The van der Waals surface area contributed by atoms with Crippen LogP contribution in [0.3, 0.4) is 0 Å². The molecular weight excluding hydrogens is 264 g/mol. The zero-order valence-corrected chi connectivity index (χ0v) is 13.0. The van der Waals surface area contributed by atoms with Crippen LogP contribution in [0.5, 0.6) is 5.75 Å². The van der Waals surface area contributed by atoms with Crippen molar-refractivity contribution in [3.8, 4) is 5.75 Å².